The number of hydrogen-bond donors (Lipinski definition) is 1. The van der Waals surface area contributed by atoms with E-state index in [1.54, 1.807) is 0 Å². The zero-order chi connectivity index (χ0) is 11.5. The molecule has 2 unspecified atom stereocenters. The Bertz CT molecular complexity index is 331. The van der Waals surface area contributed by atoms with Gasteiger partial charge in [0.05, 0.1) is 0 Å². The highest BCUT2D eigenvalue weighted by Crippen LogP contribution is 2.47. The summed E-state index contributed by atoms with van der Waals surface area (Å²) >= 11 is 5.88. The quantitative estimate of drug-likeness (QED) is 0.824. The Morgan fingerprint density at radius 2 is 2.00 bits per heavy atom. The minimum atomic E-state index is 0.743. The molecule has 88 valence electrons. The zero-order valence-electron chi connectivity index (χ0n) is 10.0. The molecule has 0 spiro atoms. The van der Waals surface area contributed by atoms with Crippen LogP contribution in [-0.2, 0) is 0 Å². The smallest absolute Gasteiger partial charge is 0.0406 e. The predicted octanol–water partition coefficient (Wildman–Crippen LogP) is 3.69. The molecule has 2 heteroatoms. The van der Waals surface area contributed by atoms with Crippen LogP contribution in [-0.4, -0.2) is 13.1 Å². The van der Waals surface area contributed by atoms with Crippen molar-refractivity contribution in [2.24, 2.45) is 11.8 Å². The molecule has 2 atom stereocenters. The van der Waals surface area contributed by atoms with Gasteiger partial charge in [0, 0.05) is 5.02 Å². The van der Waals surface area contributed by atoms with Crippen molar-refractivity contribution in [3.8, 4) is 0 Å². The van der Waals surface area contributed by atoms with Crippen LogP contribution in [0.5, 0.6) is 0 Å². The molecular weight excluding hydrogens is 218 g/mol. The lowest BCUT2D eigenvalue weighted by atomic mass is 10.1. The van der Waals surface area contributed by atoms with Gasteiger partial charge >= 0.3 is 0 Å². The second-order valence-corrected chi connectivity index (χ2v) is 5.64. The lowest BCUT2D eigenvalue weighted by molar-refractivity contribution is 0.532. The first-order chi connectivity index (χ1) is 7.66. The highest BCUT2D eigenvalue weighted by Gasteiger charge is 2.37. The molecule has 1 aromatic rings. The van der Waals surface area contributed by atoms with E-state index in [2.05, 4.69) is 31.3 Å². The molecule has 0 aromatic heterocycles. The van der Waals surface area contributed by atoms with Crippen LogP contribution in [0.4, 0.5) is 0 Å². The normalized spacial score (nSPS) is 23.8. The summed E-state index contributed by atoms with van der Waals surface area (Å²) in [5, 5.41) is 4.36. The summed E-state index contributed by atoms with van der Waals surface area (Å²) in [6.07, 6.45) is 1.33. The third kappa shape index (κ3) is 3.23. The van der Waals surface area contributed by atoms with E-state index in [0.717, 1.165) is 35.9 Å². The predicted molar refractivity (Wildman–Crippen MR) is 70.0 cm³/mol. The molecule has 2 rings (SSSR count). The molecule has 1 aliphatic carbocycles. The van der Waals surface area contributed by atoms with Crippen LogP contribution in [0.3, 0.4) is 0 Å². The number of hydrogen-bond acceptors (Lipinski definition) is 1. The van der Waals surface area contributed by atoms with Crippen LogP contribution < -0.4 is 5.32 Å². The maximum Gasteiger partial charge on any atom is 0.0406 e. The molecule has 1 nitrogen and oxygen atoms in total. The van der Waals surface area contributed by atoms with Gasteiger partial charge in [0.25, 0.3) is 0 Å². The van der Waals surface area contributed by atoms with Crippen LogP contribution in [0.1, 0.15) is 31.7 Å². The van der Waals surface area contributed by atoms with Crippen molar-refractivity contribution in [1.29, 1.82) is 0 Å². The molecule has 0 aliphatic heterocycles. The van der Waals surface area contributed by atoms with Gasteiger partial charge in [-0.15, -0.1) is 0 Å². The largest absolute Gasteiger partial charge is 0.316 e. The second-order valence-electron chi connectivity index (χ2n) is 5.21. The highest BCUT2D eigenvalue weighted by atomic mass is 35.5. The maximum absolute atomic E-state index is 5.88. The van der Waals surface area contributed by atoms with Gasteiger partial charge in [0.1, 0.15) is 0 Å². The maximum atomic E-state index is 5.88. The van der Waals surface area contributed by atoms with E-state index in [1.165, 1.54) is 12.0 Å². The summed E-state index contributed by atoms with van der Waals surface area (Å²) < 4.78 is 0. The van der Waals surface area contributed by atoms with E-state index in [4.69, 9.17) is 11.6 Å². The molecule has 0 bridgehead atoms. The molecule has 16 heavy (non-hydrogen) atoms. The Morgan fingerprint density at radius 1 is 1.31 bits per heavy atom. The fraction of sp³-hybridized carbons (Fsp3) is 0.571. The van der Waals surface area contributed by atoms with E-state index in [1.807, 2.05) is 12.1 Å². The van der Waals surface area contributed by atoms with E-state index in [0.29, 0.717) is 0 Å². The standard InChI is InChI=1S/C14H20ClN/c1-10(2)8-16-9-12-7-14(12)11-3-5-13(15)6-4-11/h3-6,10,12,14,16H,7-9H2,1-2H3. The van der Waals surface area contributed by atoms with Crippen molar-refractivity contribution in [1.82, 2.24) is 5.32 Å². The number of rotatable bonds is 5. The van der Waals surface area contributed by atoms with Gasteiger partial charge in [-0.3, -0.25) is 0 Å². The number of benzene rings is 1. The van der Waals surface area contributed by atoms with Crippen molar-refractivity contribution in [3.63, 3.8) is 0 Å². The van der Waals surface area contributed by atoms with Gasteiger partial charge in [-0.1, -0.05) is 37.6 Å². The Hall–Kier alpha value is -0.530. The summed E-state index contributed by atoms with van der Waals surface area (Å²) in [5.41, 5.74) is 1.45. The number of nitrogens with one attached hydrogen (secondary N) is 1. The molecule has 0 amide bonds. The van der Waals surface area contributed by atoms with E-state index in [-0.39, 0.29) is 0 Å². The molecular formula is C14H20ClN. The molecule has 1 aliphatic rings. The summed E-state index contributed by atoms with van der Waals surface area (Å²) in [5.74, 6) is 2.34. The molecule has 1 fully saturated rings. The Balaban J connectivity index is 1.76. The van der Waals surface area contributed by atoms with Crippen molar-refractivity contribution in [3.05, 3.63) is 34.9 Å². The Kier molecular flexibility index (Phi) is 3.88. The highest BCUT2D eigenvalue weighted by molar-refractivity contribution is 6.30. The first-order valence-electron chi connectivity index (χ1n) is 6.13. The van der Waals surface area contributed by atoms with Crippen LogP contribution in [0, 0.1) is 11.8 Å². The zero-order valence-corrected chi connectivity index (χ0v) is 10.8. The fourth-order valence-electron chi connectivity index (χ4n) is 2.15. The van der Waals surface area contributed by atoms with Crippen LogP contribution >= 0.6 is 11.6 Å². The summed E-state index contributed by atoms with van der Waals surface area (Å²) in [4.78, 5) is 0. The average molecular weight is 238 g/mol. The van der Waals surface area contributed by atoms with Crippen LogP contribution in [0.25, 0.3) is 0 Å². The van der Waals surface area contributed by atoms with E-state index in [9.17, 15) is 0 Å². The molecule has 0 heterocycles. The molecule has 0 radical (unpaired) electrons. The first kappa shape index (κ1) is 11.9. The average Bonchev–Trinajstić information content (AvgIpc) is 2.98. The third-order valence-electron chi connectivity index (χ3n) is 3.18. The monoisotopic (exact) mass is 237 g/mol. The van der Waals surface area contributed by atoms with Gasteiger partial charge in [-0.25, -0.2) is 0 Å². The molecule has 1 saturated carbocycles. The van der Waals surface area contributed by atoms with Crippen molar-refractivity contribution >= 4 is 11.6 Å². The van der Waals surface area contributed by atoms with E-state index < -0.39 is 0 Å². The van der Waals surface area contributed by atoms with E-state index >= 15 is 0 Å². The Labute approximate surface area is 103 Å². The summed E-state index contributed by atoms with van der Waals surface area (Å²) in [6, 6.07) is 8.31. The Morgan fingerprint density at radius 3 is 2.62 bits per heavy atom. The minimum Gasteiger partial charge on any atom is -0.316 e. The minimum absolute atomic E-state index is 0.743. The van der Waals surface area contributed by atoms with Gasteiger partial charge in [-0.2, -0.15) is 0 Å². The number of halogens is 1. The topological polar surface area (TPSA) is 12.0 Å². The summed E-state index contributed by atoms with van der Waals surface area (Å²) in [6.45, 7) is 6.78. The summed E-state index contributed by atoms with van der Waals surface area (Å²) in [7, 11) is 0. The van der Waals surface area contributed by atoms with Gasteiger partial charge in [0.2, 0.25) is 0 Å². The van der Waals surface area contributed by atoms with Gasteiger partial charge in [-0.05, 0) is 55.0 Å². The van der Waals surface area contributed by atoms with Crippen LogP contribution in [0.15, 0.2) is 24.3 Å². The molecule has 0 saturated heterocycles. The van der Waals surface area contributed by atoms with Gasteiger partial charge in [0.15, 0.2) is 0 Å². The lowest BCUT2D eigenvalue weighted by Crippen LogP contribution is -2.22. The van der Waals surface area contributed by atoms with Crippen molar-refractivity contribution in [2.45, 2.75) is 26.2 Å². The lowest BCUT2D eigenvalue weighted by Gasteiger charge is -2.06. The molecule has 1 N–H and O–H groups in total. The first-order valence-corrected chi connectivity index (χ1v) is 6.51. The second kappa shape index (κ2) is 5.20. The van der Waals surface area contributed by atoms with Gasteiger partial charge < -0.3 is 5.32 Å². The SMILES string of the molecule is CC(C)CNCC1CC1c1ccc(Cl)cc1. The van der Waals surface area contributed by atoms with Crippen molar-refractivity contribution in [2.75, 3.05) is 13.1 Å². The molecule has 1 aromatic carbocycles. The van der Waals surface area contributed by atoms with Crippen LogP contribution in [0.2, 0.25) is 5.02 Å². The fourth-order valence-corrected chi connectivity index (χ4v) is 2.27. The van der Waals surface area contributed by atoms with Crippen molar-refractivity contribution < 1.29 is 0 Å². The third-order valence-corrected chi connectivity index (χ3v) is 3.43.